The number of nitrogen functional groups attached to an aromatic ring is 1. The molecule has 0 amide bonds. The third-order valence-electron chi connectivity index (χ3n) is 1.86. The number of carbonyl (C=O) groups is 1. The van der Waals surface area contributed by atoms with Gasteiger partial charge in [0.2, 0.25) is 0 Å². The van der Waals surface area contributed by atoms with E-state index in [4.69, 9.17) is 23.1 Å². The van der Waals surface area contributed by atoms with E-state index in [9.17, 15) is 4.79 Å². The third kappa shape index (κ3) is 2.47. The zero-order chi connectivity index (χ0) is 10.7. The number of benzene rings is 1. The van der Waals surface area contributed by atoms with E-state index in [0.717, 1.165) is 0 Å². The first-order valence-corrected chi connectivity index (χ1v) is 4.73. The number of hydrogen-bond donors (Lipinski definition) is 2. The molecule has 0 spiro atoms. The van der Waals surface area contributed by atoms with E-state index >= 15 is 0 Å². The van der Waals surface area contributed by atoms with Crippen molar-refractivity contribution in [2.75, 3.05) is 5.73 Å². The number of carbonyl (C=O) groups excluding carboxylic acids is 1. The van der Waals surface area contributed by atoms with Gasteiger partial charge in [-0.05, 0) is 19.1 Å². The van der Waals surface area contributed by atoms with Crippen molar-refractivity contribution < 1.29 is 4.79 Å². The second-order valence-corrected chi connectivity index (χ2v) is 3.71. The van der Waals surface area contributed by atoms with Gasteiger partial charge < -0.3 is 11.5 Å². The predicted molar refractivity (Wildman–Crippen MR) is 58.5 cm³/mol. The summed E-state index contributed by atoms with van der Waals surface area (Å²) >= 11 is 5.79. The minimum Gasteiger partial charge on any atom is -0.397 e. The number of Topliss-reactive ketones (excluding diaryl/α,β-unsaturated/α-hetero) is 1. The molecule has 1 rings (SSSR count). The predicted octanol–water partition coefficient (Wildman–Crippen LogP) is 1.84. The number of hydrogen-bond acceptors (Lipinski definition) is 3. The Balaban J connectivity index is 2.96. The summed E-state index contributed by atoms with van der Waals surface area (Å²) in [5.74, 6) is -0.0694. The summed E-state index contributed by atoms with van der Waals surface area (Å²) in [5.41, 5.74) is 12.0. The van der Waals surface area contributed by atoms with Crippen LogP contribution in [0.15, 0.2) is 18.2 Å². The maximum Gasteiger partial charge on any atom is 0.166 e. The molecule has 1 aromatic rings. The Morgan fingerprint density at radius 2 is 2.21 bits per heavy atom. The molecule has 4 heteroatoms. The Labute approximate surface area is 88.0 Å². The molecule has 4 N–H and O–H groups in total. The van der Waals surface area contributed by atoms with Crippen molar-refractivity contribution in [3.8, 4) is 0 Å². The smallest absolute Gasteiger partial charge is 0.166 e. The van der Waals surface area contributed by atoms with Crippen molar-refractivity contribution >= 4 is 23.1 Å². The summed E-state index contributed by atoms with van der Waals surface area (Å²) in [6.07, 6.45) is 0.282. The van der Waals surface area contributed by atoms with E-state index < -0.39 is 0 Å². The Bertz CT molecular complexity index is 350. The van der Waals surface area contributed by atoms with Gasteiger partial charge in [0.1, 0.15) is 0 Å². The molecule has 0 aliphatic rings. The molecule has 1 unspecified atom stereocenters. The summed E-state index contributed by atoms with van der Waals surface area (Å²) in [5, 5.41) is 0.403. The van der Waals surface area contributed by atoms with Crippen LogP contribution in [0.1, 0.15) is 23.7 Å². The van der Waals surface area contributed by atoms with E-state index in [0.29, 0.717) is 16.3 Å². The number of para-hydroxylation sites is 1. The minimum absolute atomic E-state index is 0.0694. The van der Waals surface area contributed by atoms with Gasteiger partial charge in [-0.15, -0.1) is 0 Å². The fourth-order valence-corrected chi connectivity index (χ4v) is 1.36. The molecule has 3 nitrogen and oxygen atoms in total. The molecule has 0 aliphatic carbocycles. The Morgan fingerprint density at radius 1 is 1.57 bits per heavy atom. The molecule has 0 aliphatic heterocycles. The van der Waals surface area contributed by atoms with Crippen molar-refractivity contribution in [2.24, 2.45) is 5.73 Å². The summed E-state index contributed by atoms with van der Waals surface area (Å²) in [7, 11) is 0. The van der Waals surface area contributed by atoms with Gasteiger partial charge in [-0.2, -0.15) is 0 Å². The van der Waals surface area contributed by atoms with Gasteiger partial charge in [-0.25, -0.2) is 0 Å². The molecule has 0 fully saturated rings. The lowest BCUT2D eigenvalue weighted by Gasteiger charge is -2.07. The lowest BCUT2D eigenvalue weighted by Crippen LogP contribution is -2.20. The van der Waals surface area contributed by atoms with Gasteiger partial charge in [0, 0.05) is 18.0 Å². The number of nitrogens with two attached hydrogens (primary N) is 2. The molecule has 1 atom stereocenters. The standard InChI is InChI=1S/C10H13ClN2O/c1-6(12)5-9(14)7-3-2-4-8(11)10(7)13/h2-4,6H,5,12-13H2,1H3. The lowest BCUT2D eigenvalue weighted by molar-refractivity contribution is 0.0977. The van der Waals surface area contributed by atoms with E-state index in [1.807, 2.05) is 0 Å². The average Bonchev–Trinajstić information content (AvgIpc) is 2.08. The first kappa shape index (κ1) is 11.0. The van der Waals surface area contributed by atoms with Gasteiger partial charge in [0.15, 0.2) is 5.78 Å². The van der Waals surface area contributed by atoms with Crippen LogP contribution in [0.2, 0.25) is 5.02 Å². The topological polar surface area (TPSA) is 69.1 Å². The molecule has 76 valence electrons. The highest BCUT2D eigenvalue weighted by Gasteiger charge is 2.12. The van der Waals surface area contributed by atoms with Crippen molar-refractivity contribution in [1.29, 1.82) is 0 Å². The summed E-state index contributed by atoms with van der Waals surface area (Å²) in [6.45, 7) is 1.78. The van der Waals surface area contributed by atoms with Gasteiger partial charge >= 0.3 is 0 Å². The summed E-state index contributed by atoms with van der Waals surface area (Å²) < 4.78 is 0. The van der Waals surface area contributed by atoms with Crippen LogP contribution in [0.25, 0.3) is 0 Å². The van der Waals surface area contributed by atoms with E-state index in [1.54, 1.807) is 25.1 Å². The highest BCUT2D eigenvalue weighted by atomic mass is 35.5. The molecule has 0 bridgehead atoms. The zero-order valence-corrected chi connectivity index (χ0v) is 8.71. The van der Waals surface area contributed by atoms with Gasteiger partial charge in [-0.3, -0.25) is 4.79 Å². The molecular weight excluding hydrogens is 200 g/mol. The fraction of sp³-hybridized carbons (Fsp3) is 0.300. The maximum atomic E-state index is 11.6. The van der Waals surface area contributed by atoms with E-state index in [1.165, 1.54) is 0 Å². The van der Waals surface area contributed by atoms with Gasteiger partial charge in [-0.1, -0.05) is 17.7 Å². The van der Waals surface area contributed by atoms with Crippen LogP contribution in [-0.2, 0) is 0 Å². The molecule has 1 aromatic carbocycles. The van der Waals surface area contributed by atoms with Crippen LogP contribution in [0.3, 0.4) is 0 Å². The first-order valence-electron chi connectivity index (χ1n) is 4.35. The van der Waals surface area contributed by atoms with Crippen LogP contribution in [0.5, 0.6) is 0 Å². The Hall–Kier alpha value is -1.06. The SMILES string of the molecule is CC(N)CC(=O)c1cccc(Cl)c1N. The number of rotatable bonds is 3. The normalized spacial score (nSPS) is 12.5. The highest BCUT2D eigenvalue weighted by molar-refractivity contribution is 6.34. The molecule has 0 aromatic heterocycles. The Morgan fingerprint density at radius 3 is 2.79 bits per heavy atom. The van der Waals surface area contributed by atoms with Crippen LogP contribution < -0.4 is 11.5 Å². The molecule has 0 heterocycles. The minimum atomic E-state index is -0.166. The number of halogens is 1. The van der Waals surface area contributed by atoms with Crippen molar-refractivity contribution in [3.63, 3.8) is 0 Å². The third-order valence-corrected chi connectivity index (χ3v) is 2.19. The molecule has 0 saturated heterocycles. The molecule has 14 heavy (non-hydrogen) atoms. The van der Waals surface area contributed by atoms with Gasteiger partial charge in [0.05, 0.1) is 10.7 Å². The number of anilines is 1. The number of ketones is 1. The highest BCUT2D eigenvalue weighted by Crippen LogP contribution is 2.23. The van der Waals surface area contributed by atoms with Crippen molar-refractivity contribution in [3.05, 3.63) is 28.8 Å². The van der Waals surface area contributed by atoms with Crippen LogP contribution in [0.4, 0.5) is 5.69 Å². The van der Waals surface area contributed by atoms with Crippen LogP contribution >= 0.6 is 11.6 Å². The summed E-state index contributed by atoms with van der Waals surface area (Å²) in [6, 6.07) is 4.85. The first-order chi connectivity index (χ1) is 6.52. The molecular formula is C10H13ClN2O. The molecule has 0 radical (unpaired) electrons. The van der Waals surface area contributed by atoms with E-state index in [2.05, 4.69) is 0 Å². The monoisotopic (exact) mass is 212 g/mol. The maximum absolute atomic E-state index is 11.6. The van der Waals surface area contributed by atoms with E-state index in [-0.39, 0.29) is 18.2 Å². The lowest BCUT2D eigenvalue weighted by atomic mass is 10.0. The second-order valence-electron chi connectivity index (χ2n) is 3.31. The molecule has 0 saturated carbocycles. The average molecular weight is 213 g/mol. The van der Waals surface area contributed by atoms with Crippen LogP contribution in [-0.4, -0.2) is 11.8 Å². The second kappa shape index (κ2) is 4.44. The van der Waals surface area contributed by atoms with Gasteiger partial charge in [0.25, 0.3) is 0 Å². The van der Waals surface area contributed by atoms with Crippen molar-refractivity contribution in [1.82, 2.24) is 0 Å². The fourth-order valence-electron chi connectivity index (χ4n) is 1.18. The summed E-state index contributed by atoms with van der Waals surface area (Å²) in [4.78, 5) is 11.6. The zero-order valence-electron chi connectivity index (χ0n) is 7.96. The largest absolute Gasteiger partial charge is 0.397 e. The van der Waals surface area contributed by atoms with Crippen LogP contribution in [0, 0.1) is 0 Å². The Kier molecular flexibility index (Phi) is 3.49. The van der Waals surface area contributed by atoms with Crippen molar-refractivity contribution in [2.45, 2.75) is 19.4 Å². The quantitative estimate of drug-likeness (QED) is 0.594.